The highest BCUT2D eigenvalue weighted by molar-refractivity contribution is 5.96. The van der Waals surface area contributed by atoms with Crippen LogP contribution in [0, 0.1) is 11.8 Å². The van der Waals surface area contributed by atoms with Gasteiger partial charge in [-0.15, -0.1) is 0 Å². The number of aromatic amines is 1. The van der Waals surface area contributed by atoms with E-state index in [4.69, 9.17) is 18.9 Å². The lowest BCUT2D eigenvalue weighted by Crippen LogP contribution is -2.38. The van der Waals surface area contributed by atoms with E-state index in [-0.39, 0.29) is 12.5 Å². The molecule has 0 spiro atoms. The van der Waals surface area contributed by atoms with E-state index in [2.05, 4.69) is 22.1 Å². The minimum absolute atomic E-state index is 0.247. The molecule has 8 nitrogen and oxygen atoms in total. The van der Waals surface area contributed by atoms with Crippen LogP contribution in [0.3, 0.4) is 0 Å². The maximum Gasteiger partial charge on any atom is 0.253 e. The molecule has 0 aliphatic heterocycles. The van der Waals surface area contributed by atoms with Gasteiger partial charge in [0.15, 0.2) is 11.5 Å². The molecule has 0 fully saturated rings. The van der Waals surface area contributed by atoms with Crippen molar-refractivity contribution in [3.63, 3.8) is 0 Å². The summed E-state index contributed by atoms with van der Waals surface area (Å²) >= 11 is 0. The van der Waals surface area contributed by atoms with Crippen LogP contribution >= 0.6 is 0 Å². The average molecular weight is 529 g/mol. The number of H-pyrrole nitrogens is 1. The lowest BCUT2D eigenvalue weighted by Gasteiger charge is -2.20. The van der Waals surface area contributed by atoms with Crippen LogP contribution in [0.1, 0.15) is 34.3 Å². The van der Waals surface area contributed by atoms with Gasteiger partial charge in [0.1, 0.15) is 12.8 Å². The first kappa shape index (κ1) is 27.6. The number of methoxy groups -OCH3 is 4. The summed E-state index contributed by atoms with van der Waals surface area (Å²) in [5.74, 6) is 6.61. The summed E-state index contributed by atoms with van der Waals surface area (Å²) in [6, 6.07) is 16.7. The van der Waals surface area contributed by atoms with E-state index in [1.54, 1.807) is 45.6 Å². The monoisotopic (exact) mass is 528 g/mol. The number of fused-ring (bicyclic) bond motifs is 1. The molecule has 4 rings (SSSR count). The standard InChI is InChI=1S/C31H32N2O6/c1-19(25-18-32-26-11-7-6-10-24(25)26)30(34)33-31(35)23-14-20(9-8-12-36-2)13-21(15-23)22-16-27(37-3)29(39-5)28(17-22)38-4/h6-7,10-11,13-19,30,32,34H,12H2,1-5H3,(H,33,35)/t19?,30-/m1/s1. The minimum atomic E-state index is -1.12. The number of ether oxygens (including phenoxy) is 4. The molecule has 0 saturated carbocycles. The Balaban J connectivity index is 1.69. The van der Waals surface area contributed by atoms with E-state index < -0.39 is 12.1 Å². The predicted octanol–water partition coefficient (Wildman–Crippen LogP) is 4.71. The van der Waals surface area contributed by atoms with Crippen LogP contribution in [0.2, 0.25) is 0 Å². The zero-order valence-corrected chi connectivity index (χ0v) is 22.6. The number of hydrogen-bond acceptors (Lipinski definition) is 6. The Morgan fingerprint density at radius 3 is 2.33 bits per heavy atom. The summed E-state index contributed by atoms with van der Waals surface area (Å²) < 4.78 is 21.5. The fourth-order valence-corrected chi connectivity index (χ4v) is 4.44. The van der Waals surface area contributed by atoms with Crippen LogP contribution in [0.4, 0.5) is 0 Å². The van der Waals surface area contributed by atoms with Crippen molar-refractivity contribution in [2.24, 2.45) is 0 Å². The van der Waals surface area contributed by atoms with Crippen molar-refractivity contribution in [3.8, 4) is 40.2 Å². The summed E-state index contributed by atoms with van der Waals surface area (Å²) in [5.41, 5.74) is 4.28. The lowest BCUT2D eigenvalue weighted by atomic mass is 9.97. The smallest absolute Gasteiger partial charge is 0.253 e. The average Bonchev–Trinajstić information content (AvgIpc) is 3.40. The fraction of sp³-hybridized carbons (Fsp3) is 0.258. The largest absolute Gasteiger partial charge is 0.493 e. The molecule has 2 atom stereocenters. The molecule has 1 amide bonds. The third-order valence-electron chi connectivity index (χ3n) is 6.51. The zero-order chi connectivity index (χ0) is 27.9. The van der Waals surface area contributed by atoms with Gasteiger partial charge in [-0.25, -0.2) is 0 Å². The first-order chi connectivity index (χ1) is 18.9. The second-order valence-electron chi connectivity index (χ2n) is 8.94. The van der Waals surface area contributed by atoms with E-state index in [1.165, 1.54) is 7.11 Å². The summed E-state index contributed by atoms with van der Waals surface area (Å²) in [5, 5.41) is 14.7. The molecule has 0 saturated heterocycles. The van der Waals surface area contributed by atoms with Crippen molar-refractivity contribution in [2.75, 3.05) is 35.0 Å². The van der Waals surface area contributed by atoms with Crippen molar-refractivity contribution in [3.05, 3.63) is 77.5 Å². The number of rotatable bonds is 9. The van der Waals surface area contributed by atoms with Crippen LogP contribution in [-0.2, 0) is 4.74 Å². The Bertz CT molecular complexity index is 1510. The molecular weight excluding hydrogens is 496 g/mol. The predicted molar refractivity (Wildman–Crippen MR) is 150 cm³/mol. The Kier molecular flexibility index (Phi) is 8.77. The van der Waals surface area contributed by atoms with E-state index in [0.717, 1.165) is 22.0 Å². The zero-order valence-electron chi connectivity index (χ0n) is 22.6. The van der Waals surface area contributed by atoms with Crippen LogP contribution in [0.15, 0.2) is 60.8 Å². The van der Waals surface area contributed by atoms with E-state index >= 15 is 0 Å². The van der Waals surface area contributed by atoms with Crippen molar-refractivity contribution in [1.82, 2.24) is 10.3 Å². The fourth-order valence-electron chi connectivity index (χ4n) is 4.44. The van der Waals surface area contributed by atoms with Gasteiger partial charge in [-0.05, 0) is 53.1 Å². The van der Waals surface area contributed by atoms with E-state index in [0.29, 0.717) is 33.9 Å². The van der Waals surface area contributed by atoms with Crippen molar-refractivity contribution < 1.29 is 28.8 Å². The number of aliphatic hydroxyl groups is 1. The van der Waals surface area contributed by atoms with Gasteiger partial charge in [0.05, 0.1) is 21.3 Å². The SMILES string of the molecule is COCC#Cc1cc(C(=O)N[C@H](O)C(C)c2c[nH]c3ccccc23)cc(-c2cc(OC)c(OC)c(OC)c2)c1. The van der Waals surface area contributed by atoms with Crippen molar-refractivity contribution >= 4 is 16.8 Å². The molecule has 0 aliphatic carbocycles. The van der Waals surface area contributed by atoms with Gasteiger partial charge in [0.25, 0.3) is 5.91 Å². The Morgan fingerprint density at radius 1 is 0.974 bits per heavy atom. The lowest BCUT2D eigenvalue weighted by molar-refractivity contribution is 0.0728. The van der Waals surface area contributed by atoms with Gasteiger partial charge in [-0.3, -0.25) is 4.79 Å². The quantitative estimate of drug-likeness (QED) is 0.215. The van der Waals surface area contributed by atoms with Crippen molar-refractivity contribution in [2.45, 2.75) is 19.1 Å². The van der Waals surface area contributed by atoms with Crippen LogP contribution in [-0.4, -0.2) is 57.3 Å². The molecule has 39 heavy (non-hydrogen) atoms. The van der Waals surface area contributed by atoms with Gasteiger partial charge in [0.2, 0.25) is 5.75 Å². The maximum absolute atomic E-state index is 13.4. The summed E-state index contributed by atoms with van der Waals surface area (Å²) in [4.78, 5) is 16.6. The highest BCUT2D eigenvalue weighted by Crippen LogP contribution is 2.41. The number of para-hydroxylation sites is 1. The molecule has 202 valence electrons. The van der Waals surface area contributed by atoms with Crippen LogP contribution in [0.5, 0.6) is 17.2 Å². The molecule has 0 bridgehead atoms. The molecule has 1 unspecified atom stereocenters. The second-order valence-corrected chi connectivity index (χ2v) is 8.94. The van der Waals surface area contributed by atoms with Gasteiger partial charge < -0.3 is 34.4 Å². The Hall–Kier alpha value is -4.45. The van der Waals surface area contributed by atoms with E-state index in [1.807, 2.05) is 43.5 Å². The highest BCUT2D eigenvalue weighted by atomic mass is 16.5. The third-order valence-corrected chi connectivity index (χ3v) is 6.51. The van der Waals surface area contributed by atoms with E-state index in [9.17, 15) is 9.90 Å². The molecule has 0 aliphatic rings. The number of carbonyl (C=O) groups excluding carboxylic acids is 1. The summed E-state index contributed by atoms with van der Waals surface area (Å²) in [6.45, 7) is 2.12. The molecule has 1 aromatic heterocycles. The first-order valence-corrected chi connectivity index (χ1v) is 12.4. The Morgan fingerprint density at radius 2 is 1.67 bits per heavy atom. The Labute approximate surface area is 227 Å². The second kappa shape index (κ2) is 12.4. The number of amides is 1. The van der Waals surface area contributed by atoms with Gasteiger partial charge in [0, 0.05) is 41.3 Å². The number of carbonyl (C=O) groups is 1. The molecule has 1 heterocycles. The van der Waals surface area contributed by atoms with Gasteiger partial charge >= 0.3 is 0 Å². The molecule has 4 aromatic rings. The summed E-state index contributed by atoms with van der Waals surface area (Å²) in [6.07, 6.45) is 0.740. The van der Waals surface area contributed by atoms with Gasteiger partial charge in [-0.2, -0.15) is 0 Å². The van der Waals surface area contributed by atoms with Crippen molar-refractivity contribution in [1.29, 1.82) is 0 Å². The number of aliphatic hydroxyl groups excluding tert-OH is 1. The third kappa shape index (κ3) is 6.01. The molecule has 8 heteroatoms. The number of aromatic nitrogens is 1. The number of nitrogens with one attached hydrogen (secondary N) is 2. The first-order valence-electron chi connectivity index (χ1n) is 12.4. The summed E-state index contributed by atoms with van der Waals surface area (Å²) in [7, 11) is 6.19. The minimum Gasteiger partial charge on any atom is -0.493 e. The molecular formula is C31H32N2O6. The normalized spacial score (nSPS) is 12.3. The van der Waals surface area contributed by atoms with Gasteiger partial charge in [-0.1, -0.05) is 37.0 Å². The topological polar surface area (TPSA) is 102 Å². The maximum atomic E-state index is 13.4. The van der Waals surface area contributed by atoms with Crippen LogP contribution in [0.25, 0.3) is 22.0 Å². The van der Waals surface area contributed by atoms with Crippen LogP contribution < -0.4 is 19.5 Å². The molecule has 3 N–H and O–H groups in total. The molecule has 0 radical (unpaired) electrons. The number of benzene rings is 3. The highest BCUT2D eigenvalue weighted by Gasteiger charge is 2.23. The number of hydrogen-bond donors (Lipinski definition) is 3. The molecule has 3 aromatic carbocycles.